The van der Waals surface area contributed by atoms with E-state index in [0.29, 0.717) is 16.9 Å². The predicted octanol–water partition coefficient (Wildman–Crippen LogP) is 4.33. The third kappa shape index (κ3) is 5.61. The third-order valence-electron chi connectivity index (χ3n) is 3.25. The van der Waals surface area contributed by atoms with Crippen LogP contribution in [0.5, 0.6) is 0 Å². The van der Waals surface area contributed by atoms with E-state index in [0.717, 1.165) is 23.7 Å². The first-order chi connectivity index (χ1) is 11.6. The van der Waals surface area contributed by atoms with Crippen LogP contribution in [0, 0.1) is 0 Å². The summed E-state index contributed by atoms with van der Waals surface area (Å²) in [6.45, 7) is 3.44. The second-order valence-corrected chi connectivity index (χ2v) is 6.70. The van der Waals surface area contributed by atoms with Gasteiger partial charge >= 0.3 is 0 Å². The van der Waals surface area contributed by atoms with Crippen molar-refractivity contribution in [3.05, 3.63) is 36.7 Å². The first-order valence-electron chi connectivity index (χ1n) is 7.60. The quantitative estimate of drug-likeness (QED) is 0.541. The van der Waals surface area contributed by atoms with Gasteiger partial charge in [-0.3, -0.25) is 0 Å². The number of azo groups is 1. The summed E-state index contributed by atoms with van der Waals surface area (Å²) in [5.74, 6) is 1.47. The average Bonchev–Trinajstić information content (AvgIpc) is 2.98. The lowest BCUT2D eigenvalue weighted by atomic mass is 10.2. The van der Waals surface area contributed by atoms with Crippen LogP contribution < -0.4 is 4.90 Å². The Kier molecular flexibility index (Phi) is 7.20. The van der Waals surface area contributed by atoms with E-state index < -0.39 is 0 Å². The van der Waals surface area contributed by atoms with Gasteiger partial charge in [-0.15, -0.1) is 10.2 Å². The number of nitrogens with zero attached hydrogens (tertiary/aromatic N) is 5. The summed E-state index contributed by atoms with van der Waals surface area (Å²) in [5.41, 5.74) is 1.91. The van der Waals surface area contributed by atoms with E-state index in [4.69, 9.17) is 17.0 Å². The normalized spacial score (nSPS) is 11.0. The number of aromatic nitrogens is 2. The van der Waals surface area contributed by atoms with Gasteiger partial charge in [0.15, 0.2) is 0 Å². The summed E-state index contributed by atoms with van der Waals surface area (Å²) in [5, 5.41) is 8.33. The van der Waals surface area contributed by atoms with Crippen molar-refractivity contribution in [2.75, 3.05) is 30.9 Å². The number of aryl methyl sites for hydroxylation is 1. The van der Waals surface area contributed by atoms with Crippen LogP contribution in [-0.4, -0.2) is 39.9 Å². The van der Waals surface area contributed by atoms with Crippen molar-refractivity contribution in [3.8, 4) is 0 Å². The number of imidazole rings is 1. The van der Waals surface area contributed by atoms with E-state index in [1.165, 1.54) is 0 Å². The minimum atomic E-state index is 0.582. The zero-order chi connectivity index (χ0) is 17.4. The minimum Gasteiger partial charge on any atom is -0.479 e. The molecular formula is C16H21N5OS2. The molecule has 2 rings (SSSR count). The maximum absolute atomic E-state index is 5.26. The summed E-state index contributed by atoms with van der Waals surface area (Å²) in [6, 6.07) is 7.93. The molecule has 0 saturated carbocycles. The molecule has 0 saturated heterocycles. The molecule has 0 aliphatic carbocycles. The van der Waals surface area contributed by atoms with Gasteiger partial charge in [-0.05, 0) is 43.4 Å². The minimum absolute atomic E-state index is 0.582. The molecule has 128 valence electrons. The highest BCUT2D eigenvalue weighted by molar-refractivity contribution is 8.22. The predicted molar refractivity (Wildman–Crippen MR) is 104 cm³/mol. The molecule has 0 spiro atoms. The molecule has 0 radical (unpaired) electrons. The van der Waals surface area contributed by atoms with Crippen LogP contribution >= 0.6 is 24.0 Å². The van der Waals surface area contributed by atoms with Crippen LogP contribution in [0.1, 0.15) is 6.92 Å². The molecule has 1 aromatic carbocycles. The van der Waals surface area contributed by atoms with Crippen LogP contribution in [0.2, 0.25) is 0 Å². The van der Waals surface area contributed by atoms with Gasteiger partial charge in [-0.2, -0.15) is 0 Å². The molecule has 0 fully saturated rings. The Morgan fingerprint density at radius 3 is 2.71 bits per heavy atom. The van der Waals surface area contributed by atoms with Crippen LogP contribution in [0.25, 0.3) is 0 Å². The zero-order valence-electron chi connectivity index (χ0n) is 14.0. The van der Waals surface area contributed by atoms with E-state index in [2.05, 4.69) is 27.2 Å². The van der Waals surface area contributed by atoms with Crippen molar-refractivity contribution in [2.24, 2.45) is 17.3 Å². The second-order valence-electron chi connectivity index (χ2n) is 5.01. The van der Waals surface area contributed by atoms with E-state index in [1.807, 2.05) is 49.0 Å². The van der Waals surface area contributed by atoms with Gasteiger partial charge in [0.05, 0.1) is 12.3 Å². The number of benzene rings is 1. The Bertz CT molecular complexity index is 684. The molecule has 1 aromatic heterocycles. The van der Waals surface area contributed by atoms with Gasteiger partial charge in [0.1, 0.15) is 0 Å². The number of hydrogen-bond acceptors (Lipinski definition) is 7. The molecule has 8 heteroatoms. The highest BCUT2D eigenvalue weighted by Gasteiger charge is 2.03. The van der Waals surface area contributed by atoms with Crippen LogP contribution in [0.4, 0.5) is 17.3 Å². The fourth-order valence-electron chi connectivity index (χ4n) is 1.88. The molecule has 6 nitrogen and oxygen atoms in total. The van der Waals surface area contributed by atoms with Gasteiger partial charge in [0, 0.05) is 44.5 Å². The van der Waals surface area contributed by atoms with Gasteiger partial charge in [-0.25, -0.2) is 4.98 Å². The molecule has 0 bridgehead atoms. The molecule has 24 heavy (non-hydrogen) atoms. The number of thioether (sulfide) groups is 1. The maximum Gasteiger partial charge on any atom is 0.249 e. The molecule has 0 aliphatic rings. The summed E-state index contributed by atoms with van der Waals surface area (Å²) in [6.07, 6.45) is 3.53. The van der Waals surface area contributed by atoms with Crippen LogP contribution in [0.15, 0.2) is 46.9 Å². The molecule has 0 N–H and O–H groups in total. The van der Waals surface area contributed by atoms with E-state index in [1.54, 1.807) is 18.0 Å². The van der Waals surface area contributed by atoms with Gasteiger partial charge < -0.3 is 14.2 Å². The summed E-state index contributed by atoms with van der Waals surface area (Å²) in [4.78, 5) is 6.28. The summed E-state index contributed by atoms with van der Waals surface area (Å²) >= 11 is 6.66. The molecule has 2 aromatic rings. The smallest absolute Gasteiger partial charge is 0.249 e. The van der Waals surface area contributed by atoms with Gasteiger partial charge in [0.25, 0.3) is 0 Å². The Labute approximate surface area is 151 Å². The first kappa shape index (κ1) is 18.4. The first-order valence-corrected chi connectivity index (χ1v) is 8.99. The topological polar surface area (TPSA) is 55.0 Å². The molecule has 0 aliphatic heterocycles. The number of hydrogen-bond donors (Lipinski definition) is 0. The van der Waals surface area contributed by atoms with Crippen LogP contribution in [0.3, 0.4) is 0 Å². The molecule has 0 unspecified atom stereocenters. The van der Waals surface area contributed by atoms with Crippen LogP contribution in [-0.2, 0) is 11.8 Å². The van der Waals surface area contributed by atoms with Crippen molar-refractivity contribution in [3.63, 3.8) is 0 Å². The van der Waals surface area contributed by atoms with Crippen molar-refractivity contribution < 1.29 is 4.74 Å². The van der Waals surface area contributed by atoms with Crippen molar-refractivity contribution >= 4 is 45.7 Å². The Hall–Kier alpha value is -1.93. The van der Waals surface area contributed by atoms with Crippen molar-refractivity contribution in [1.82, 2.24) is 9.55 Å². The summed E-state index contributed by atoms with van der Waals surface area (Å²) in [7, 11) is 3.93. The average molecular weight is 364 g/mol. The summed E-state index contributed by atoms with van der Waals surface area (Å²) < 4.78 is 7.68. The monoisotopic (exact) mass is 363 g/mol. The highest BCUT2D eigenvalue weighted by atomic mass is 32.2. The van der Waals surface area contributed by atoms with Gasteiger partial charge in [-0.1, -0.05) is 11.8 Å². The number of thiocarbonyl (C=S) groups is 1. The maximum atomic E-state index is 5.26. The molecular weight excluding hydrogens is 342 g/mol. The Morgan fingerprint density at radius 1 is 1.33 bits per heavy atom. The third-order valence-corrected chi connectivity index (χ3v) is 4.46. The molecule has 0 amide bonds. The second kappa shape index (κ2) is 9.39. The van der Waals surface area contributed by atoms with Crippen molar-refractivity contribution in [1.29, 1.82) is 0 Å². The largest absolute Gasteiger partial charge is 0.479 e. The number of anilines is 1. The lowest BCUT2D eigenvalue weighted by Gasteiger charge is -2.19. The standard InChI is InChI=1S/C16H21N5OS2/c1-4-22-16(23)24-12-11-20(2)14-7-5-13(6-8-14)18-19-15-17-9-10-21(15)3/h5-10H,4,11-12H2,1-3H3/b19-18+. The van der Waals surface area contributed by atoms with Crippen molar-refractivity contribution in [2.45, 2.75) is 6.92 Å². The molecule has 1 heterocycles. The lowest BCUT2D eigenvalue weighted by Crippen LogP contribution is -2.20. The number of rotatable bonds is 7. The van der Waals surface area contributed by atoms with E-state index >= 15 is 0 Å². The highest BCUT2D eigenvalue weighted by Crippen LogP contribution is 2.21. The fraction of sp³-hybridized carbons (Fsp3) is 0.375. The SMILES string of the molecule is CCOC(=S)SCCN(C)c1ccc(/N=N/c2nccn2C)cc1. The number of ether oxygens (including phenoxy) is 1. The zero-order valence-corrected chi connectivity index (χ0v) is 15.7. The molecule has 0 atom stereocenters. The van der Waals surface area contributed by atoms with E-state index in [9.17, 15) is 0 Å². The fourth-order valence-corrected chi connectivity index (χ4v) is 2.99. The Balaban J connectivity index is 1.86. The van der Waals surface area contributed by atoms with E-state index in [-0.39, 0.29) is 0 Å². The lowest BCUT2D eigenvalue weighted by molar-refractivity contribution is 0.346. The Morgan fingerprint density at radius 2 is 2.08 bits per heavy atom. The van der Waals surface area contributed by atoms with Gasteiger partial charge in [0.2, 0.25) is 10.3 Å².